The number of aryl methyl sites for hydroxylation is 1. The summed E-state index contributed by atoms with van der Waals surface area (Å²) in [6.07, 6.45) is 5.03. The Bertz CT molecular complexity index is 570. The predicted octanol–water partition coefficient (Wildman–Crippen LogP) is 2.79. The first-order valence-electron chi connectivity index (χ1n) is 7.15. The first-order chi connectivity index (χ1) is 9.72. The number of phenolic OH excluding ortho intramolecular Hbond substituents is 1. The average Bonchev–Trinajstić information content (AvgIpc) is 3.08. The third-order valence-electron chi connectivity index (χ3n) is 3.91. The van der Waals surface area contributed by atoms with Gasteiger partial charge in [-0.25, -0.2) is 4.98 Å². The van der Waals surface area contributed by atoms with E-state index >= 15 is 0 Å². The van der Waals surface area contributed by atoms with Crippen LogP contribution in [0.3, 0.4) is 0 Å². The van der Waals surface area contributed by atoms with Crippen LogP contribution >= 0.6 is 0 Å². The maximum Gasteiger partial charge on any atom is 0.154 e. The molecule has 0 bridgehead atoms. The summed E-state index contributed by atoms with van der Waals surface area (Å²) in [5.41, 5.74) is 0.966. The zero-order valence-electron chi connectivity index (χ0n) is 11.7. The van der Waals surface area contributed by atoms with E-state index in [1.165, 1.54) is 25.7 Å². The van der Waals surface area contributed by atoms with Crippen molar-refractivity contribution >= 4 is 5.69 Å². The van der Waals surface area contributed by atoms with Gasteiger partial charge in [-0.2, -0.15) is 5.10 Å². The third-order valence-corrected chi connectivity index (χ3v) is 3.91. The van der Waals surface area contributed by atoms with Crippen LogP contribution in [0.2, 0.25) is 0 Å². The molecular formula is C15H20N4O. The molecule has 1 saturated carbocycles. The molecule has 0 unspecified atom stereocenters. The first-order valence-corrected chi connectivity index (χ1v) is 7.15. The van der Waals surface area contributed by atoms with Gasteiger partial charge in [-0.05, 0) is 37.1 Å². The van der Waals surface area contributed by atoms with Crippen molar-refractivity contribution in [3.63, 3.8) is 0 Å². The number of phenols is 1. The van der Waals surface area contributed by atoms with Gasteiger partial charge in [-0.1, -0.05) is 12.8 Å². The van der Waals surface area contributed by atoms with E-state index in [-0.39, 0.29) is 5.75 Å². The molecule has 0 aliphatic heterocycles. The molecule has 2 N–H and O–H groups in total. The molecule has 1 aromatic heterocycles. The largest absolute Gasteiger partial charge is 0.508 e. The predicted molar refractivity (Wildman–Crippen MR) is 77.6 cm³/mol. The fourth-order valence-electron chi connectivity index (χ4n) is 2.71. The maximum atomic E-state index is 9.26. The molecule has 0 spiro atoms. The Morgan fingerprint density at radius 3 is 2.65 bits per heavy atom. The highest BCUT2D eigenvalue weighted by Crippen LogP contribution is 2.32. The van der Waals surface area contributed by atoms with Gasteiger partial charge >= 0.3 is 0 Å². The van der Waals surface area contributed by atoms with Crippen LogP contribution in [0.25, 0.3) is 0 Å². The monoisotopic (exact) mass is 272 g/mol. The Morgan fingerprint density at radius 2 is 1.95 bits per heavy atom. The summed E-state index contributed by atoms with van der Waals surface area (Å²) in [5, 5.41) is 17.1. The molecule has 1 aliphatic rings. The topological polar surface area (TPSA) is 63.0 Å². The Balaban J connectivity index is 1.66. The van der Waals surface area contributed by atoms with E-state index < -0.39 is 0 Å². The molecule has 20 heavy (non-hydrogen) atoms. The zero-order chi connectivity index (χ0) is 13.9. The van der Waals surface area contributed by atoms with Gasteiger partial charge in [0.2, 0.25) is 0 Å². The van der Waals surface area contributed by atoms with E-state index in [1.807, 2.05) is 23.9 Å². The molecule has 1 aliphatic carbocycles. The van der Waals surface area contributed by atoms with Crippen LogP contribution in [0, 0.1) is 0 Å². The van der Waals surface area contributed by atoms with Crippen LogP contribution in [0.15, 0.2) is 24.3 Å². The summed E-state index contributed by atoms with van der Waals surface area (Å²) < 4.78 is 1.86. The third kappa shape index (κ3) is 2.76. The highest BCUT2D eigenvalue weighted by molar-refractivity contribution is 5.45. The summed E-state index contributed by atoms with van der Waals surface area (Å²) in [7, 11) is 1.94. The van der Waals surface area contributed by atoms with Crippen LogP contribution in [0.4, 0.5) is 5.69 Å². The molecule has 0 radical (unpaired) electrons. The van der Waals surface area contributed by atoms with E-state index in [9.17, 15) is 5.11 Å². The van der Waals surface area contributed by atoms with Gasteiger partial charge in [-0.15, -0.1) is 0 Å². The fourth-order valence-corrected chi connectivity index (χ4v) is 2.71. The van der Waals surface area contributed by atoms with Gasteiger partial charge < -0.3 is 10.4 Å². The molecule has 0 amide bonds. The second-order valence-corrected chi connectivity index (χ2v) is 5.39. The molecule has 2 aromatic rings. The summed E-state index contributed by atoms with van der Waals surface area (Å²) in [5.74, 6) is 2.76. The van der Waals surface area contributed by atoms with Crippen molar-refractivity contribution in [2.75, 3.05) is 5.32 Å². The highest BCUT2D eigenvalue weighted by Gasteiger charge is 2.21. The second kappa shape index (κ2) is 5.53. The lowest BCUT2D eigenvalue weighted by molar-refractivity contribution is 0.475. The van der Waals surface area contributed by atoms with Crippen LogP contribution in [0.5, 0.6) is 5.75 Å². The van der Waals surface area contributed by atoms with Gasteiger partial charge in [0.1, 0.15) is 11.6 Å². The summed E-state index contributed by atoms with van der Waals surface area (Å²) >= 11 is 0. The minimum absolute atomic E-state index is 0.276. The number of nitrogens with zero attached hydrogens (tertiary/aromatic N) is 3. The summed E-state index contributed by atoms with van der Waals surface area (Å²) in [6.45, 7) is 0.640. The van der Waals surface area contributed by atoms with Crippen molar-refractivity contribution < 1.29 is 5.11 Å². The Kier molecular flexibility index (Phi) is 3.58. The molecule has 1 fully saturated rings. The molecule has 5 nitrogen and oxygen atoms in total. The first kappa shape index (κ1) is 13.0. The number of hydrogen-bond acceptors (Lipinski definition) is 4. The molecule has 106 valence electrons. The van der Waals surface area contributed by atoms with E-state index in [2.05, 4.69) is 15.4 Å². The molecule has 5 heteroatoms. The van der Waals surface area contributed by atoms with Crippen molar-refractivity contribution in [3.05, 3.63) is 35.9 Å². The zero-order valence-corrected chi connectivity index (χ0v) is 11.7. The van der Waals surface area contributed by atoms with Crippen LogP contribution in [-0.2, 0) is 13.6 Å². The Labute approximate surface area is 118 Å². The lowest BCUT2D eigenvalue weighted by Gasteiger charge is -2.05. The fraction of sp³-hybridized carbons (Fsp3) is 0.467. The van der Waals surface area contributed by atoms with Crippen molar-refractivity contribution in [2.24, 2.45) is 7.05 Å². The van der Waals surface area contributed by atoms with E-state index in [0.29, 0.717) is 12.5 Å². The van der Waals surface area contributed by atoms with Crippen LogP contribution in [0.1, 0.15) is 43.3 Å². The van der Waals surface area contributed by atoms with E-state index in [4.69, 9.17) is 0 Å². The summed E-state index contributed by atoms with van der Waals surface area (Å²) in [6, 6.07) is 7.04. The Hall–Kier alpha value is -2.04. The SMILES string of the molecule is Cn1nc(C2CCCC2)nc1CNc1ccc(O)cc1. The highest BCUT2D eigenvalue weighted by atomic mass is 16.3. The number of benzene rings is 1. The van der Waals surface area contributed by atoms with Gasteiger partial charge in [0, 0.05) is 18.7 Å². The number of rotatable bonds is 4. The van der Waals surface area contributed by atoms with Crippen LogP contribution < -0.4 is 5.32 Å². The number of anilines is 1. The van der Waals surface area contributed by atoms with Crippen molar-refractivity contribution in [1.82, 2.24) is 14.8 Å². The number of nitrogens with one attached hydrogen (secondary N) is 1. The molecule has 1 heterocycles. The normalized spacial score (nSPS) is 15.7. The Morgan fingerprint density at radius 1 is 1.25 bits per heavy atom. The number of aromatic hydroxyl groups is 1. The molecular weight excluding hydrogens is 252 g/mol. The van der Waals surface area contributed by atoms with Crippen LogP contribution in [-0.4, -0.2) is 19.9 Å². The van der Waals surface area contributed by atoms with Gasteiger partial charge in [0.15, 0.2) is 5.82 Å². The van der Waals surface area contributed by atoms with Crippen molar-refractivity contribution in [3.8, 4) is 5.75 Å². The lowest BCUT2D eigenvalue weighted by Crippen LogP contribution is -2.06. The number of hydrogen-bond donors (Lipinski definition) is 2. The lowest BCUT2D eigenvalue weighted by atomic mass is 10.1. The maximum absolute atomic E-state index is 9.26. The quantitative estimate of drug-likeness (QED) is 0.840. The minimum Gasteiger partial charge on any atom is -0.508 e. The van der Waals surface area contributed by atoms with Crippen molar-refractivity contribution in [2.45, 2.75) is 38.1 Å². The standard InChI is InChI=1S/C15H20N4O/c1-19-14(10-16-12-6-8-13(20)9-7-12)17-15(18-19)11-4-2-3-5-11/h6-9,11,16,20H,2-5,10H2,1H3. The molecule has 3 rings (SSSR count). The molecule has 0 atom stereocenters. The molecule has 1 aromatic carbocycles. The minimum atomic E-state index is 0.276. The average molecular weight is 272 g/mol. The summed E-state index contributed by atoms with van der Waals surface area (Å²) in [4.78, 5) is 4.66. The van der Waals surface area contributed by atoms with E-state index in [1.54, 1.807) is 12.1 Å². The van der Waals surface area contributed by atoms with Gasteiger partial charge in [-0.3, -0.25) is 4.68 Å². The van der Waals surface area contributed by atoms with E-state index in [0.717, 1.165) is 17.3 Å². The second-order valence-electron chi connectivity index (χ2n) is 5.39. The number of aromatic nitrogens is 3. The smallest absolute Gasteiger partial charge is 0.154 e. The van der Waals surface area contributed by atoms with Gasteiger partial charge in [0.25, 0.3) is 0 Å². The van der Waals surface area contributed by atoms with Gasteiger partial charge in [0.05, 0.1) is 6.54 Å². The van der Waals surface area contributed by atoms with Crippen molar-refractivity contribution in [1.29, 1.82) is 0 Å². The molecule has 0 saturated heterocycles.